The Balaban J connectivity index is 2.11. The van der Waals surface area contributed by atoms with Crippen LogP contribution in [0.5, 0.6) is 0 Å². The highest BCUT2D eigenvalue weighted by atomic mass is 16.5. The normalized spacial score (nSPS) is 13.0. The molecule has 5 nitrogen and oxygen atoms in total. The van der Waals surface area contributed by atoms with Gasteiger partial charge in [-0.05, 0) is 19.4 Å². The fourth-order valence-corrected chi connectivity index (χ4v) is 2.29. The molecule has 0 radical (unpaired) electrons. The van der Waals surface area contributed by atoms with Gasteiger partial charge in [-0.1, -0.05) is 18.2 Å². The molecule has 2 aromatic rings. The van der Waals surface area contributed by atoms with Gasteiger partial charge in [-0.3, -0.25) is 16.0 Å². The summed E-state index contributed by atoms with van der Waals surface area (Å²) in [5, 5.41) is 5.78. The number of aryl methyl sites for hydroxylation is 1. The number of rotatable bonds is 7. The number of ether oxygens (including phenoxy) is 1. The van der Waals surface area contributed by atoms with E-state index in [0.717, 1.165) is 37.3 Å². The number of benzene rings is 1. The van der Waals surface area contributed by atoms with Gasteiger partial charge in [0.1, 0.15) is 0 Å². The van der Waals surface area contributed by atoms with Crippen LogP contribution in [0.25, 0.3) is 10.9 Å². The SMILES string of the molecule is CCOCCC(Cc1nn(C)c2ccccc12)NN. The van der Waals surface area contributed by atoms with Crippen LogP contribution in [0.2, 0.25) is 0 Å². The Morgan fingerprint density at radius 2 is 2.21 bits per heavy atom. The molecular formula is C14H22N4O. The maximum absolute atomic E-state index is 5.61. The fraction of sp³-hybridized carbons (Fsp3) is 0.500. The molecule has 2 rings (SSSR count). The maximum atomic E-state index is 5.61. The third-order valence-electron chi connectivity index (χ3n) is 3.32. The summed E-state index contributed by atoms with van der Waals surface area (Å²) in [7, 11) is 1.97. The highest BCUT2D eigenvalue weighted by Gasteiger charge is 2.13. The molecule has 1 unspecified atom stereocenters. The summed E-state index contributed by atoms with van der Waals surface area (Å²) >= 11 is 0. The Morgan fingerprint density at radius 1 is 1.42 bits per heavy atom. The molecule has 1 aromatic heterocycles. The molecule has 0 amide bonds. The first-order valence-corrected chi connectivity index (χ1v) is 6.70. The number of nitrogens with zero attached hydrogens (tertiary/aromatic N) is 2. The van der Waals surface area contributed by atoms with Crippen molar-refractivity contribution in [2.75, 3.05) is 13.2 Å². The standard InChI is InChI=1S/C14H22N4O/c1-3-19-9-8-11(16-15)10-13-12-6-4-5-7-14(12)18(2)17-13/h4-7,11,16H,3,8-10,15H2,1-2H3. The second kappa shape index (κ2) is 6.65. The van der Waals surface area contributed by atoms with Gasteiger partial charge in [0.15, 0.2) is 0 Å². The number of aromatic nitrogens is 2. The lowest BCUT2D eigenvalue weighted by atomic mass is 10.1. The van der Waals surface area contributed by atoms with E-state index in [9.17, 15) is 0 Å². The van der Waals surface area contributed by atoms with E-state index >= 15 is 0 Å². The summed E-state index contributed by atoms with van der Waals surface area (Å²) in [5.74, 6) is 5.61. The van der Waals surface area contributed by atoms with Crippen molar-refractivity contribution in [3.05, 3.63) is 30.0 Å². The smallest absolute Gasteiger partial charge is 0.0719 e. The van der Waals surface area contributed by atoms with Crippen LogP contribution in [-0.4, -0.2) is 29.0 Å². The first-order valence-electron chi connectivity index (χ1n) is 6.70. The predicted octanol–water partition coefficient (Wildman–Crippen LogP) is 1.37. The molecule has 0 saturated carbocycles. The number of nitrogens with one attached hydrogen (secondary N) is 1. The molecule has 0 spiro atoms. The maximum Gasteiger partial charge on any atom is 0.0719 e. The number of hydrogen-bond acceptors (Lipinski definition) is 4. The minimum atomic E-state index is 0.185. The lowest BCUT2D eigenvalue weighted by Gasteiger charge is -2.14. The van der Waals surface area contributed by atoms with E-state index in [1.54, 1.807) is 0 Å². The third kappa shape index (κ3) is 3.32. The van der Waals surface area contributed by atoms with Crippen LogP contribution < -0.4 is 11.3 Å². The van der Waals surface area contributed by atoms with Crippen molar-refractivity contribution in [3.8, 4) is 0 Å². The van der Waals surface area contributed by atoms with Crippen molar-refractivity contribution >= 4 is 10.9 Å². The molecule has 0 fully saturated rings. The van der Waals surface area contributed by atoms with Gasteiger partial charge in [0.2, 0.25) is 0 Å². The molecular weight excluding hydrogens is 240 g/mol. The number of fused-ring (bicyclic) bond motifs is 1. The molecule has 0 saturated heterocycles. The van der Waals surface area contributed by atoms with E-state index in [0.29, 0.717) is 0 Å². The Bertz CT molecular complexity index is 523. The highest BCUT2D eigenvalue weighted by molar-refractivity contribution is 5.81. The van der Waals surface area contributed by atoms with Gasteiger partial charge in [0.05, 0.1) is 11.2 Å². The summed E-state index contributed by atoms with van der Waals surface area (Å²) in [6, 6.07) is 8.44. The fourth-order valence-electron chi connectivity index (χ4n) is 2.29. The number of nitrogens with two attached hydrogens (primary N) is 1. The molecule has 1 aromatic carbocycles. The van der Waals surface area contributed by atoms with Crippen LogP contribution in [-0.2, 0) is 18.2 Å². The van der Waals surface area contributed by atoms with E-state index in [1.807, 2.05) is 30.8 Å². The van der Waals surface area contributed by atoms with Crippen LogP contribution in [0.3, 0.4) is 0 Å². The Kier molecular flexibility index (Phi) is 4.90. The summed E-state index contributed by atoms with van der Waals surface area (Å²) < 4.78 is 7.29. The van der Waals surface area contributed by atoms with E-state index in [1.165, 1.54) is 5.39 Å². The van der Waals surface area contributed by atoms with E-state index in [-0.39, 0.29) is 6.04 Å². The minimum absolute atomic E-state index is 0.185. The monoisotopic (exact) mass is 262 g/mol. The lowest BCUT2D eigenvalue weighted by molar-refractivity contribution is 0.136. The minimum Gasteiger partial charge on any atom is -0.382 e. The van der Waals surface area contributed by atoms with Crippen LogP contribution in [0.15, 0.2) is 24.3 Å². The quantitative estimate of drug-likeness (QED) is 0.449. The summed E-state index contributed by atoms with van der Waals surface area (Å²) in [4.78, 5) is 0. The van der Waals surface area contributed by atoms with Crippen molar-refractivity contribution in [2.24, 2.45) is 12.9 Å². The zero-order chi connectivity index (χ0) is 13.7. The molecule has 1 atom stereocenters. The molecule has 1 heterocycles. The molecule has 0 aliphatic rings. The molecule has 0 aliphatic carbocycles. The molecule has 19 heavy (non-hydrogen) atoms. The average molecular weight is 262 g/mol. The van der Waals surface area contributed by atoms with Gasteiger partial charge in [-0.15, -0.1) is 0 Å². The third-order valence-corrected chi connectivity index (χ3v) is 3.32. The molecule has 3 N–H and O–H groups in total. The summed E-state index contributed by atoms with van der Waals surface area (Å²) in [6.45, 7) is 3.46. The van der Waals surface area contributed by atoms with Crippen molar-refractivity contribution in [1.29, 1.82) is 0 Å². The van der Waals surface area contributed by atoms with Gasteiger partial charge < -0.3 is 4.74 Å². The second-order valence-corrected chi connectivity index (χ2v) is 4.64. The Hall–Kier alpha value is -1.43. The molecule has 0 aliphatic heterocycles. The number of para-hydroxylation sites is 1. The summed E-state index contributed by atoms with van der Waals surface area (Å²) in [5.41, 5.74) is 5.09. The lowest BCUT2D eigenvalue weighted by Crippen LogP contribution is -2.37. The molecule has 104 valence electrons. The molecule has 5 heteroatoms. The van der Waals surface area contributed by atoms with Gasteiger partial charge in [-0.2, -0.15) is 5.10 Å². The van der Waals surface area contributed by atoms with Crippen molar-refractivity contribution < 1.29 is 4.74 Å². The zero-order valence-electron chi connectivity index (χ0n) is 11.6. The Morgan fingerprint density at radius 3 is 2.95 bits per heavy atom. The first-order chi connectivity index (χ1) is 9.26. The Labute approximate surface area is 113 Å². The van der Waals surface area contributed by atoms with Crippen molar-refractivity contribution in [2.45, 2.75) is 25.8 Å². The van der Waals surface area contributed by atoms with Crippen LogP contribution in [0, 0.1) is 0 Å². The van der Waals surface area contributed by atoms with E-state index in [2.05, 4.69) is 22.7 Å². The zero-order valence-corrected chi connectivity index (χ0v) is 11.6. The largest absolute Gasteiger partial charge is 0.382 e. The van der Waals surface area contributed by atoms with Crippen LogP contribution in [0.4, 0.5) is 0 Å². The number of hydrazine groups is 1. The van der Waals surface area contributed by atoms with Gasteiger partial charge in [0, 0.05) is 38.1 Å². The van der Waals surface area contributed by atoms with Gasteiger partial charge in [-0.25, -0.2) is 0 Å². The van der Waals surface area contributed by atoms with Gasteiger partial charge in [0.25, 0.3) is 0 Å². The average Bonchev–Trinajstić information content (AvgIpc) is 2.75. The van der Waals surface area contributed by atoms with E-state index < -0.39 is 0 Å². The van der Waals surface area contributed by atoms with Crippen molar-refractivity contribution in [1.82, 2.24) is 15.2 Å². The second-order valence-electron chi connectivity index (χ2n) is 4.64. The van der Waals surface area contributed by atoms with Crippen LogP contribution >= 0.6 is 0 Å². The van der Waals surface area contributed by atoms with Crippen molar-refractivity contribution in [3.63, 3.8) is 0 Å². The summed E-state index contributed by atoms with van der Waals surface area (Å²) in [6.07, 6.45) is 1.69. The van der Waals surface area contributed by atoms with E-state index in [4.69, 9.17) is 10.6 Å². The highest BCUT2D eigenvalue weighted by Crippen LogP contribution is 2.19. The number of hydrogen-bond donors (Lipinski definition) is 2. The topological polar surface area (TPSA) is 65.1 Å². The first kappa shape index (κ1) is 14.0. The van der Waals surface area contributed by atoms with Gasteiger partial charge >= 0.3 is 0 Å². The van der Waals surface area contributed by atoms with Crippen LogP contribution in [0.1, 0.15) is 19.0 Å². The predicted molar refractivity (Wildman–Crippen MR) is 76.6 cm³/mol. The molecule has 0 bridgehead atoms.